The van der Waals surface area contributed by atoms with Gasteiger partial charge >= 0.3 is 0 Å². The van der Waals surface area contributed by atoms with E-state index in [4.69, 9.17) is 0 Å². The Hall–Kier alpha value is -1.83. The van der Waals surface area contributed by atoms with E-state index in [0.717, 1.165) is 18.5 Å². The third-order valence-corrected chi connectivity index (χ3v) is 4.57. The Morgan fingerprint density at radius 3 is 3.26 bits per heavy atom. The quantitative estimate of drug-likeness (QED) is 0.680. The number of fused-ring (bicyclic) bond motifs is 5. The van der Waals surface area contributed by atoms with Gasteiger partial charge in [-0.3, -0.25) is 5.32 Å². The highest BCUT2D eigenvalue weighted by atomic mass is 15.6. The molecule has 0 spiro atoms. The first kappa shape index (κ1) is 11.0. The van der Waals surface area contributed by atoms with E-state index in [1.807, 2.05) is 6.20 Å². The van der Waals surface area contributed by atoms with Crippen LogP contribution in [0.15, 0.2) is 47.7 Å². The van der Waals surface area contributed by atoms with E-state index >= 15 is 0 Å². The number of nitrogens with zero attached hydrogens (tertiary/aromatic N) is 2. The Morgan fingerprint density at radius 1 is 1.42 bits per heavy atom. The monoisotopic (exact) mass is 252 g/mol. The molecule has 4 heteroatoms. The van der Waals surface area contributed by atoms with Crippen LogP contribution in [0.25, 0.3) is 0 Å². The number of hydrogen-bond acceptors (Lipinski definition) is 4. The van der Waals surface area contributed by atoms with Crippen LogP contribution in [0.3, 0.4) is 0 Å². The molecule has 96 valence electrons. The van der Waals surface area contributed by atoms with Crippen LogP contribution in [0.5, 0.6) is 0 Å². The Labute approximate surface area is 112 Å². The first-order chi connectivity index (χ1) is 9.38. The summed E-state index contributed by atoms with van der Waals surface area (Å²) in [6.45, 7) is 0.941. The number of rotatable bonds is 0. The summed E-state index contributed by atoms with van der Waals surface area (Å²) < 4.78 is 0. The van der Waals surface area contributed by atoms with Crippen molar-refractivity contribution in [3.63, 3.8) is 0 Å². The first-order valence-corrected chi connectivity index (χ1v) is 6.81. The minimum absolute atomic E-state index is 0.0323. The predicted octanol–water partition coefficient (Wildman–Crippen LogP) is 1.20. The molecule has 1 saturated heterocycles. The summed E-state index contributed by atoms with van der Waals surface area (Å²) in [5, 5.41) is 14.9. The lowest BCUT2D eigenvalue weighted by Gasteiger charge is -2.48. The topological polar surface area (TPSA) is 51.1 Å². The van der Waals surface area contributed by atoms with Crippen molar-refractivity contribution in [2.75, 3.05) is 6.54 Å². The number of hydrogen-bond donors (Lipinski definition) is 2. The van der Waals surface area contributed by atoms with Crippen LogP contribution < -0.4 is 10.7 Å². The van der Waals surface area contributed by atoms with Gasteiger partial charge in [-0.1, -0.05) is 30.4 Å². The van der Waals surface area contributed by atoms with Gasteiger partial charge in [-0.25, -0.2) is 0 Å². The van der Waals surface area contributed by atoms with Gasteiger partial charge in [0.1, 0.15) is 6.17 Å². The minimum Gasteiger partial charge on any atom is -0.323 e. The molecule has 0 amide bonds. The summed E-state index contributed by atoms with van der Waals surface area (Å²) in [5.41, 5.74) is 5.49. The van der Waals surface area contributed by atoms with E-state index in [1.54, 1.807) is 0 Å². The number of allylic oxidation sites excluding steroid dienone is 4. The van der Waals surface area contributed by atoms with E-state index < -0.39 is 0 Å². The molecule has 4 atom stereocenters. The summed E-state index contributed by atoms with van der Waals surface area (Å²) in [4.78, 5) is 0. The number of hydrazine groups is 1. The van der Waals surface area contributed by atoms with Crippen LogP contribution in [0.4, 0.5) is 0 Å². The third-order valence-electron chi connectivity index (χ3n) is 4.57. The molecule has 1 fully saturated rings. The van der Waals surface area contributed by atoms with Crippen molar-refractivity contribution in [2.45, 2.75) is 18.6 Å². The molecule has 2 aliphatic heterocycles. The predicted molar refractivity (Wildman–Crippen MR) is 72.2 cm³/mol. The highest BCUT2D eigenvalue weighted by molar-refractivity contribution is 5.38. The van der Waals surface area contributed by atoms with E-state index in [1.165, 1.54) is 5.57 Å². The van der Waals surface area contributed by atoms with Crippen molar-refractivity contribution in [3.05, 3.63) is 47.7 Å². The van der Waals surface area contributed by atoms with Crippen molar-refractivity contribution in [3.8, 4) is 6.07 Å². The second kappa shape index (κ2) is 4.09. The molecule has 2 N–H and O–H groups in total. The van der Waals surface area contributed by atoms with Crippen molar-refractivity contribution in [2.24, 2.45) is 11.8 Å². The molecule has 0 aromatic carbocycles. The van der Waals surface area contributed by atoms with Crippen LogP contribution in [0.2, 0.25) is 0 Å². The van der Waals surface area contributed by atoms with Crippen molar-refractivity contribution < 1.29 is 0 Å². The third kappa shape index (κ3) is 1.52. The van der Waals surface area contributed by atoms with Gasteiger partial charge in [0.15, 0.2) is 0 Å². The second-order valence-corrected chi connectivity index (χ2v) is 5.51. The van der Waals surface area contributed by atoms with Gasteiger partial charge in [0.25, 0.3) is 0 Å². The lowest BCUT2D eigenvalue weighted by molar-refractivity contribution is 0.0181. The molecule has 0 bridgehead atoms. The molecule has 0 radical (unpaired) electrons. The van der Waals surface area contributed by atoms with Gasteiger partial charge in [0.05, 0.1) is 11.6 Å². The maximum atomic E-state index is 9.17. The van der Waals surface area contributed by atoms with Gasteiger partial charge in [-0.2, -0.15) is 10.3 Å². The largest absolute Gasteiger partial charge is 0.323 e. The average Bonchev–Trinajstić information content (AvgIpc) is 2.89. The lowest BCUT2D eigenvalue weighted by atomic mass is 9.73. The van der Waals surface area contributed by atoms with Gasteiger partial charge < -0.3 is 5.43 Å². The summed E-state index contributed by atoms with van der Waals surface area (Å²) in [7, 11) is 0. The van der Waals surface area contributed by atoms with Gasteiger partial charge in [-0.05, 0) is 12.0 Å². The summed E-state index contributed by atoms with van der Waals surface area (Å²) in [5.74, 6) is 1.03. The molecular weight excluding hydrogens is 236 g/mol. The van der Waals surface area contributed by atoms with Gasteiger partial charge in [0, 0.05) is 30.6 Å². The van der Waals surface area contributed by atoms with E-state index in [9.17, 15) is 5.26 Å². The summed E-state index contributed by atoms with van der Waals surface area (Å²) in [6, 6.07) is 2.70. The second-order valence-electron chi connectivity index (χ2n) is 5.51. The lowest BCUT2D eigenvalue weighted by Crippen LogP contribution is -2.64. The Morgan fingerprint density at radius 2 is 2.37 bits per heavy atom. The zero-order valence-corrected chi connectivity index (χ0v) is 10.6. The standard InChI is InChI=1S/C15H16N4/c16-7-12-9-18-19-14-11(8-17-15(12)19)6-5-10-3-1-2-4-13(10)14/h1-3,5-6,9,11,13-15,17-18H,4,8H2. The Balaban J connectivity index is 1.70. The van der Waals surface area contributed by atoms with Crippen molar-refractivity contribution in [1.82, 2.24) is 15.8 Å². The number of nitriles is 1. The maximum absolute atomic E-state index is 9.17. The molecule has 4 unspecified atom stereocenters. The summed E-state index contributed by atoms with van der Waals surface area (Å²) >= 11 is 0. The molecule has 0 aromatic heterocycles. The normalized spacial score (nSPS) is 39.3. The van der Waals surface area contributed by atoms with Gasteiger partial charge in [0.2, 0.25) is 0 Å². The zero-order chi connectivity index (χ0) is 12.8. The van der Waals surface area contributed by atoms with Crippen molar-refractivity contribution in [1.29, 1.82) is 5.26 Å². The first-order valence-electron chi connectivity index (χ1n) is 6.81. The van der Waals surface area contributed by atoms with E-state index in [-0.39, 0.29) is 6.17 Å². The molecular formula is C15H16N4. The fourth-order valence-corrected chi connectivity index (χ4v) is 3.67. The molecule has 19 heavy (non-hydrogen) atoms. The molecule has 4 nitrogen and oxygen atoms in total. The fourth-order valence-electron chi connectivity index (χ4n) is 3.67. The molecule has 4 rings (SSSR count). The molecule has 2 aliphatic carbocycles. The Bertz CT molecular complexity index is 563. The molecule has 2 heterocycles. The highest BCUT2D eigenvalue weighted by Gasteiger charge is 2.46. The average molecular weight is 252 g/mol. The Kier molecular flexibility index (Phi) is 2.37. The molecule has 0 saturated carbocycles. The van der Waals surface area contributed by atoms with Gasteiger partial charge in [-0.15, -0.1) is 0 Å². The van der Waals surface area contributed by atoms with Crippen LogP contribution in [-0.4, -0.2) is 23.8 Å². The maximum Gasteiger partial charge on any atom is 0.116 e. The van der Waals surface area contributed by atoms with Crippen LogP contribution >= 0.6 is 0 Å². The summed E-state index contributed by atoms with van der Waals surface area (Å²) in [6.07, 6.45) is 14.1. The number of nitrogens with one attached hydrogen (secondary N) is 2. The zero-order valence-electron chi connectivity index (χ0n) is 10.6. The molecule has 0 aromatic rings. The molecule has 4 aliphatic rings. The fraction of sp³-hybridized carbons (Fsp3) is 0.400. The van der Waals surface area contributed by atoms with Crippen LogP contribution in [-0.2, 0) is 0 Å². The van der Waals surface area contributed by atoms with E-state index in [0.29, 0.717) is 17.9 Å². The minimum atomic E-state index is 0.0323. The SMILES string of the molecule is N#CC1=CNN2C1NCC1C=CC3=CC=CCC3C12. The highest BCUT2D eigenvalue weighted by Crippen LogP contribution is 2.39. The van der Waals surface area contributed by atoms with E-state index in [2.05, 4.69) is 52.2 Å². The van der Waals surface area contributed by atoms with Crippen molar-refractivity contribution >= 4 is 0 Å². The smallest absolute Gasteiger partial charge is 0.116 e. The van der Waals surface area contributed by atoms with Crippen LogP contribution in [0.1, 0.15) is 6.42 Å². The van der Waals surface area contributed by atoms with Crippen LogP contribution in [0, 0.1) is 23.2 Å².